The van der Waals surface area contributed by atoms with Gasteiger partial charge in [0.1, 0.15) is 11.5 Å². The maximum absolute atomic E-state index is 5.58. The Bertz CT molecular complexity index is 639. The van der Waals surface area contributed by atoms with Crippen LogP contribution in [0, 0.1) is 0 Å². The van der Waals surface area contributed by atoms with Crippen LogP contribution in [0.4, 0.5) is 0 Å². The van der Waals surface area contributed by atoms with Crippen LogP contribution >= 0.6 is 0 Å². The van der Waals surface area contributed by atoms with Gasteiger partial charge in [-0.3, -0.25) is 4.90 Å². The van der Waals surface area contributed by atoms with E-state index in [0.29, 0.717) is 6.04 Å². The predicted octanol–water partition coefficient (Wildman–Crippen LogP) is 3.65. The van der Waals surface area contributed by atoms with E-state index in [0.717, 1.165) is 31.0 Å². The summed E-state index contributed by atoms with van der Waals surface area (Å²) < 4.78 is 11.0. The topological polar surface area (TPSA) is 21.7 Å². The van der Waals surface area contributed by atoms with Crippen molar-refractivity contribution in [3.63, 3.8) is 0 Å². The molecule has 116 valence electrons. The first kappa shape index (κ1) is 14.9. The molecule has 1 heterocycles. The number of fused-ring (bicyclic) bond motifs is 1. The number of hydrogen-bond acceptors (Lipinski definition) is 3. The van der Waals surface area contributed by atoms with Crippen LogP contribution in [0.15, 0.2) is 42.5 Å². The molecule has 0 aliphatic carbocycles. The summed E-state index contributed by atoms with van der Waals surface area (Å²) in [5, 5.41) is 0. The summed E-state index contributed by atoms with van der Waals surface area (Å²) in [7, 11) is 3.43. The van der Waals surface area contributed by atoms with E-state index in [9.17, 15) is 0 Å². The van der Waals surface area contributed by atoms with Crippen molar-refractivity contribution >= 4 is 0 Å². The Hall–Kier alpha value is -2.00. The van der Waals surface area contributed by atoms with E-state index < -0.39 is 0 Å². The molecule has 0 fully saturated rings. The quantitative estimate of drug-likeness (QED) is 0.860. The van der Waals surface area contributed by atoms with Gasteiger partial charge in [-0.25, -0.2) is 0 Å². The molecule has 0 saturated heterocycles. The SMILES string of the molecule is COc1cc2c(c(OC)c1)CN(Cc1ccccc1)[C@H](C)C2. The van der Waals surface area contributed by atoms with Crippen molar-refractivity contribution in [3.05, 3.63) is 59.2 Å². The molecule has 0 spiro atoms. The van der Waals surface area contributed by atoms with E-state index in [1.54, 1.807) is 14.2 Å². The Morgan fingerprint density at radius 2 is 1.86 bits per heavy atom. The molecular weight excluding hydrogens is 274 g/mol. The lowest BCUT2D eigenvalue weighted by atomic mass is 9.93. The Morgan fingerprint density at radius 3 is 2.55 bits per heavy atom. The normalized spacial score (nSPS) is 17.9. The van der Waals surface area contributed by atoms with Gasteiger partial charge in [0.15, 0.2) is 0 Å². The van der Waals surface area contributed by atoms with Crippen LogP contribution in [-0.2, 0) is 19.5 Å². The van der Waals surface area contributed by atoms with E-state index in [2.05, 4.69) is 48.2 Å². The second-order valence-electron chi connectivity index (χ2n) is 5.91. The zero-order valence-corrected chi connectivity index (χ0v) is 13.5. The first-order chi connectivity index (χ1) is 10.7. The largest absolute Gasteiger partial charge is 0.497 e. The second kappa shape index (κ2) is 6.41. The van der Waals surface area contributed by atoms with Crippen molar-refractivity contribution in [1.29, 1.82) is 0 Å². The molecule has 22 heavy (non-hydrogen) atoms. The summed E-state index contributed by atoms with van der Waals surface area (Å²) in [5.74, 6) is 1.80. The highest BCUT2D eigenvalue weighted by Crippen LogP contribution is 2.35. The molecule has 2 aromatic carbocycles. The Balaban J connectivity index is 1.88. The van der Waals surface area contributed by atoms with E-state index >= 15 is 0 Å². The lowest BCUT2D eigenvalue weighted by molar-refractivity contribution is 0.172. The fourth-order valence-corrected chi connectivity index (χ4v) is 3.17. The summed E-state index contributed by atoms with van der Waals surface area (Å²) in [4.78, 5) is 2.51. The average Bonchev–Trinajstić information content (AvgIpc) is 2.55. The van der Waals surface area contributed by atoms with Gasteiger partial charge in [0.05, 0.1) is 14.2 Å². The number of methoxy groups -OCH3 is 2. The Labute approximate surface area is 132 Å². The van der Waals surface area contributed by atoms with Crippen LogP contribution in [-0.4, -0.2) is 25.2 Å². The fraction of sp³-hybridized carbons (Fsp3) is 0.368. The molecular formula is C19H23NO2. The highest BCUT2D eigenvalue weighted by molar-refractivity contribution is 5.48. The van der Waals surface area contributed by atoms with Crippen LogP contribution in [0.3, 0.4) is 0 Å². The monoisotopic (exact) mass is 297 g/mol. The van der Waals surface area contributed by atoms with Gasteiger partial charge in [-0.15, -0.1) is 0 Å². The minimum atomic E-state index is 0.504. The molecule has 1 aliphatic rings. The zero-order valence-electron chi connectivity index (χ0n) is 13.5. The second-order valence-corrected chi connectivity index (χ2v) is 5.91. The molecule has 0 saturated carbocycles. The van der Waals surface area contributed by atoms with Crippen molar-refractivity contribution < 1.29 is 9.47 Å². The molecule has 0 unspecified atom stereocenters. The summed E-state index contributed by atoms with van der Waals surface area (Å²) in [6, 6.07) is 15.3. The maximum atomic E-state index is 5.58. The average molecular weight is 297 g/mol. The minimum Gasteiger partial charge on any atom is -0.497 e. The summed E-state index contributed by atoms with van der Waals surface area (Å²) in [6.45, 7) is 4.17. The zero-order chi connectivity index (χ0) is 15.5. The Kier molecular flexibility index (Phi) is 4.34. The lowest BCUT2D eigenvalue weighted by Crippen LogP contribution is -2.38. The summed E-state index contributed by atoms with van der Waals surface area (Å²) in [6.07, 6.45) is 1.02. The van der Waals surface area contributed by atoms with Crippen molar-refractivity contribution in [1.82, 2.24) is 4.90 Å². The van der Waals surface area contributed by atoms with Crippen LogP contribution in [0.25, 0.3) is 0 Å². The first-order valence-corrected chi connectivity index (χ1v) is 7.73. The van der Waals surface area contributed by atoms with Gasteiger partial charge in [0.25, 0.3) is 0 Å². The lowest BCUT2D eigenvalue weighted by Gasteiger charge is -2.35. The number of hydrogen-bond donors (Lipinski definition) is 0. The molecule has 0 radical (unpaired) electrons. The van der Waals surface area contributed by atoms with Crippen molar-refractivity contribution in [2.24, 2.45) is 0 Å². The standard InChI is InChI=1S/C19H23NO2/c1-14-9-16-10-17(21-2)11-19(22-3)18(16)13-20(14)12-15-7-5-4-6-8-15/h4-8,10-11,14H,9,12-13H2,1-3H3/t14-/m1/s1. The highest BCUT2D eigenvalue weighted by atomic mass is 16.5. The van der Waals surface area contributed by atoms with Gasteiger partial charge in [0, 0.05) is 30.8 Å². The maximum Gasteiger partial charge on any atom is 0.127 e. The molecule has 0 N–H and O–H groups in total. The third-order valence-electron chi connectivity index (χ3n) is 4.46. The molecule has 3 rings (SSSR count). The van der Waals surface area contributed by atoms with Gasteiger partial charge >= 0.3 is 0 Å². The molecule has 1 aliphatic heterocycles. The number of rotatable bonds is 4. The van der Waals surface area contributed by atoms with E-state index in [-0.39, 0.29) is 0 Å². The van der Waals surface area contributed by atoms with Gasteiger partial charge < -0.3 is 9.47 Å². The summed E-state index contributed by atoms with van der Waals surface area (Å²) >= 11 is 0. The number of benzene rings is 2. The smallest absolute Gasteiger partial charge is 0.127 e. The molecule has 1 atom stereocenters. The number of ether oxygens (including phenoxy) is 2. The molecule has 0 amide bonds. The van der Waals surface area contributed by atoms with Gasteiger partial charge in [-0.05, 0) is 30.5 Å². The molecule has 0 bridgehead atoms. The van der Waals surface area contributed by atoms with Crippen LogP contribution < -0.4 is 9.47 Å². The first-order valence-electron chi connectivity index (χ1n) is 7.73. The number of nitrogens with zero attached hydrogens (tertiary/aromatic N) is 1. The predicted molar refractivity (Wildman–Crippen MR) is 88.4 cm³/mol. The third-order valence-corrected chi connectivity index (χ3v) is 4.46. The molecule has 3 nitrogen and oxygen atoms in total. The highest BCUT2D eigenvalue weighted by Gasteiger charge is 2.26. The van der Waals surface area contributed by atoms with E-state index in [1.165, 1.54) is 16.7 Å². The van der Waals surface area contributed by atoms with E-state index in [1.807, 2.05) is 6.07 Å². The van der Waals surface area contributed by atoms with Crippen LogP contribution in [0.5, 0.6) is 11.5 Å². The van der Waals surface area contributed by atoms with E-state index in [4.69, 9.17) is 9.47 Å². The molecule has 3 heteroatoms. The fourth-order valence-electron chi connectivity index (χ4n) is 3.17. The minimum absolute atomic E-state index is 0.504. The van der Waals surface area contributed by atoms with Crippen LogP contribution in [0.2, 0.25) is 0 Å². The third kappa shape index (κ3) is 2.95. The molecule has 0 aromatic heterocycles. The van der Waals surface area contributed by atoms with Crippen molar-refractivity contribution in [2.75, 3.05) is 14.2 Å². The van der Waals surface area contributed by atoms with Crippen molar-refractivity contribution in [3.8, 4) is 11.5 Å². The van der Waals surface area contributed by atoms with Gasteiger partial charge in [-0.1, -0.05) is 30.3 Å². The summed E-state index contributed by atoms with van der Waals surface area (Å²) in [5.41, 5.74) is 3.98. The van der Waals surface area contributed by atoms with Crippen LogP contribution in [0.1, 0.15) is 23.6 Å². The van der Waals surface area contributed by atoms with Gasteiger partial charge in [0.2, 0.25) is 0 Å². The van der Waals surface area contributed by atoms with Gasteiger partial charge in [-0.2, -0.15) is 0 Å². The van der Waals surface area contributed by atoms with Crippen molar-refractivity contribution in [2.45, 2.75) is 32.5 Å². The molecule has 2 aromatic rings. The Morgan fingerprint density at radius 1 is 1.09 bits per heavy atom.